The summed E-state index contributed by atoms with van der Waals surface area (Å²) in [5.74, 6) is -2.49. The molecule has 1 aromatic rings. The molecule has 0 saturated carbocycles. The first kappa shape index (κ1) is 12.4. The molecule has 0 radical (unpaired) electrons. The Bertz CT molecular complexity index is 755. The molecule has 2 aliphatic rings. The summed E-state index contributed by atoms with van der Waals surface area (Å²) >= 11 is 0. The minimum absolute atomic E-state index is 0.154. The highest BCUT2D eigenvalue weighted by Gasteiger charge is 2.25. The Balaban J connectivity index is 2.05. The van der Waals surface area contributed by atoms with Gasteiger partial charge in [-0.1, -0.05) is 42.5 Å². The van der Waals surface area contributed by atoms with Gasteiger partial charge in [0.15, 0.2) is 0 Å². The lowest BCUT2D eigenvalue weighted by atomic mass is 9.91. The second kappa shape index (κ2) is 4.81. The highest BCUT2D eigenvalue weighted by molar-refractivity contribution is 6.40. The SMILES string of the molecule is O=C(O)C(=O)C1=CC2C=c3ccccc3=COC2C=C1. The van der Waals surface area contributed by atoms with E-state index >= 15 is 0 Å². The number of aliphatic carboxylic acids is 1. The fourth-order valence-electron chi connectivity index (χ4n) is 2.37. The number of fused-ring (bicyclic) bond motifs is 2. The number of hydrogen-bond acceptors (Lipinski definition) is 3. The van der Waals surface area contributed by atoms with Crippen molar-refractivity contribution < 1.29 is 19.4 Å². The van der Waals surface area contributed by atoms with E-state index in [1.807, 2.05) is 30.3 Å². The predicted molar refractivity (Wildman–Crippen MR) is 72.9 cm³/mol. The summed E-state index contributed by atoms with van der Waals surface area (Å²) in [5, 5.41) is 10.7. The maximum Gasteiger partial charge on any atom is 0.377 e. The van der Waals surface area contributed by atoms with Crippen molar-refractivity contribution in [1.29, 1.82) is 0 Å². The molecule has 0 bridgehead atoms. The lowest BCUT2D eigenvalue weighted by Gasteiger charge is -2.21. The molecule has 4 nitrogen and oxygen atoms in total. The second-order valence-corrected chi connectivity index (χ2v) is 4.71. The zero-order valence-corrected chi connectivity index (χ0v) is 10.5. The van der Waals surface area contributed by atoms with E-state index in [2.05, 4.69) is 0 Å². The van der Waals surface area contributed by atoms with Crippen LogP contribution in [-0.2, 0) is 14.3 Å². The first-order chi connectivity index (χ1) is 9.65. The smallest absolute Gasteiger partial charge is 0.377 e. The standard InChI is InChI=1S/C16H12O4/c17-15(16(18)19)11-5-6-14-13(8-11)7-10-3-1-2-4-12(10)9-20-14/h1-9,13-14H,(H,18,19). The minimum atomic E-state index is -1.44. The van der Waals surface area contributed by atoms with Gasteiger partial charge in [0.1, 0.15) is 6.10 Å². The van der Waals surface area contributed by atoms with Gasteiger partial charge in [-0.3, -0.25) is 4.79 Å². The Hall–Kier alpha value is -2.62. The Morgan fingerprint density at radius 2 is 1.85 bits per heavy atom. The number of rotatable bonds is 2. The summed E-state index contributed by atoms with van der Waals surface area (Å²) in [6.45, 7) is 0. The minimum Gasteiger partial charge on any atom is -0.492 e. The van der Waals surface area contributed by atoms with Crippen LogP contribution in [0.15, 0.2) is 48.1 Å². The molecular weight excluding hydrogens is 256 g/mol. The Kier molecular flexibility index (Phi) is 2.99. The molecule has 0 fully saturated rings. The lowest BCUT2D eigenvalue weighted by molar-refractivity contribution is -0.147. The molecule has 0 amide bonds. The van der Waals surface area contributed by atoms with Gasteiger partial charge in [-0.25, -0.2) is 4.79 Å². The molecule has 0 saturated heterocycles. The monoisotopic (exact) mass is 268 g/mol. The van der Waals surface area contributed by atoms with Gasteiger partial charge in [0.2, 0.25) is 0 Å². The zero-order valence-electron chi connectivity index (χ0n) is 10.5. The van der Waals surface area contributed by atoms with Crippen LogP contribution in [-0.4, -0.2) is 23.0 Å². The highest BCUT2D eigenvalue weighted by Crippen LogP contribution is 2.23. The first-order valence-electron chi connectivity index (χ1n) is 6.25. The van der Waals surface area contributed by atoms with Crippen molar-refractivity contribution >= 4 is 24.1 Å². The van der Waals surface area contributed by atoms with Gasteiger partial charge >= 0.3 is 5.97 Å². The van der Waals surface area contributed by atoms with E-state index in [1.165, 1.54) is 6.08 Å². The van der Waals surface area contributed by atoms with Crippen LogP contribution in [0.3, 0.4) is 0 Å². The van der Waals surface area contributed by atoms with E-state index in [-0.39, 0.29) is 17.6 Å². The predicted octanol–water partition coefficient (Wildman–Crippen LogP) is 0.370. The largest absolute Gasteiger partial charge is 0.492 e. The van der Waals surface area contributed by atoms with Crippen molar-refractivity contribution in [2.24, 2.45) is 5.92 Å². The summed E-state index contributed by atoms with van der Waals surface area (Å²) < 4.78 is 5.68. The molecule has 2 atom stereocenters. The third-order valence-electron chi connectivity index (χ3n) is 3.39. The van der Waals surface area contributed by atoms with Gasteiger partial charge in [-0.2, -0.15) is 0 Å². The number of carbonyl (C=O) groups excluding carboxylic acids is 1. The van der Waals surface area contributed by atoms with E-state index < -0.39 is 11.8 Å². The van der Waals surface area contributed by atoms with Crippen molar-refractivity contribution in [2.75, 3.05) is 0 Å². The quantitative estimate of drug-likeness (QED) is 0.787. The molecule has 1 N–H and O–H groups in total. The topological polar surface area (TPSA) is 63.6 Å². The van der Waals surface area contributed by atoms with Crippen molar-refractivity contribution in [3.63, 3.8) is 0 Å². The summed E-state index contributed by atoms with van der Waals surface area (Å²) in [7, 11) is 0. The maximum atomic E-state index is 11.5. The molecule has 3 rings (SSSR count). The van der Waals surface area contributed by atoms with Crippen molar-refractivity contribution in [2.45, 2.75) is 6.10 Å². The van der Waals surface area contributed by atoms with Gasteiger partial charge in [0.25, 0.3) is 5.78 Å². The van der Waals surface area contributed by atoms with Crippen molar-refractivity contribution in [3.8, 4) is 0 Å². The van der Waals surface area contributed by atoms with Crippen molar-refractivity contribution in [1.82, 2.24) is 0 Å². The molecule has 20 heavy (non-hydrogen) atoms. The number of ether oxygens (including phenoxy) is 1. The second-order valence-electron chi connectivity index (χ2n) is 4.71. The van der Waals surface area contributed by atoms with E-state index in [9.17, 15) is 9.59 Å². The van der Waals surface area contributed by atoms with Gasteiger partial charge in [-0.05, 0) is 11.3 Å². The number of benzene rings is 1. The summed E-state index contributed by atoms with van der Waals surface area (Å²) in [4.78, 5) is 22.3. The molecule has 1 aromatic carbocycles. The molecule has 1 heterocycles. The van der Waals surface area contributed by atoms with Crippen LogP contribution in [0.4, 0.5) is 0 Å². The zero-order chi connectivity index (χ0) is 14.1. The van der Waals surface area contributed by atoms with Crippen LogP contribution < -0.4 is 10.4 Å². The molecule has 0 spiro atoms. The Labute approximate surface area is 115 Å². The number of carboxylic acids is 1. The number of ketones is 1. The molecule has 100 valence electrons. The summed E-state index contributed by atoms with van der Waals surface area (Å²) in [6.07, 6.45) is 8.35. The molecule has 4 heteroatoms. The molecule has 2 unspecified atom stereocenters. The van der Waals surface area contributed by atoms with Crippen LogP contribution in [0.5, 0.6) is 0 Å². The third kappa shape index (κ3) is 2.16. The van der Waals surface area contributed by atoms with E-state index in [1.54, 1.807) is 18.4 Å². The average Bonchev–Trinajstić information content (AvgIpc) is 2.64. The van der Waals surface area contributed by atoms with Gasteiger partial charge in [0.05, 0.1) is 6.26 Å². The lowest BCUT2D eigenvalue weighted by Crippen LogP contribution is -2.25. The fourth-order valence-corrected chi connectivity index (χ4v) is 2.37. The number of hydrogen-bond donors (Lipinski definition) is 1. The normalized spacial score (nSPS) is 22.9. The summed E-state index contributed by atoms with van der Waals surface area (Å²) in [5.41, 5.74) is 0.193. The Morgan fingerprint density at radius 1 is 1.10 bits per heavy atom. The molecule has 1 aliphatic heterocycles. The van der Waals surface area contributed by atoms with E-state index in [0.717, 1.165) is 10.4 Å². The molecule has 0 aromatic heterocycles. The average molecular weight is 268 g/mol. The van der Waals surface area contributed by atoms with Crippen molar-refractivity contribution in [3.05, 3.63) is 58.5 Å². The van der Waals surface area contributed by atoms with Crippen LogP contribution >= 0.6 is 0 Å². The fraction of sp³-hybridized carbons (Fsp3) is 0.125. The van der Waals surface area contributed by atoms with Crippen LogP contribution in [0, 0.1) is 5.92 Å². The van der Waals surface area contributed by atoms with Gasteiger partial charge in [-0.15, -0.1) is 0 Å². The molecule has 1 aliphatic carbocycles. The number of Topliss-reactive ketones (excluding diaryl/α,β-unsaturated/α-hetero) is 1. The van der Waals surface area contributed by atoms with Crippen LogP contribution in [0.25, 0.3) is 12.3 Å². The van der Waals surface area contributed by atoms with Gasteiger partial charge < -0.3 is 9.84 Å². The van der Waals surface area contributed by atoms with E-state index in [4.69, 9.17) is 9.84 Å². The number of allylic oxidation sites excluding steroid dienone is 1. The van der Waals surface area contributed by atoms with Crippen LogP contribution in [0.2, 0.25) is 0 Å². The Morgan fingerprint density at radius 3 is 2.60 bits per heavy atom. The third-order valence-corrected chi connectivity index (χ3v) is 3.39. The van der Waals surface area contributed by atoms with Gasteiger partial charge in [0, 0.05) is 16.7 Å². The number of carbonyl (C=O) groups is 2. The summed E-state index contributed by atoms with van der Waals surface area (Å²) in [6, 6.07) is 7.75. The highest BCUT2D eigenvalue weighted by atomic mass is 16.5. The first-order valence-corrected chi connectivity index (χ1v) is 6.25. The van der Waals surface area contributed by atoms with E-state index in [0.29, 0.717) is 0 Å². The molecular formula is C16H12O4. The number of carboxylic acid groups (broad SMARTS) is 1. The maximum absolute atomic E-state index is 11.5. The van der Waals surface area contributed by atoms with Crippen LogP contribution in [0.1, 0.15) is 0 Å².